The Morgan fingerprint density at radius 3 is 1.25 bits per heavy atom. The summed E-state index contributed by atoms with van der Waals surface area (Å²) in [5.74, 6) is 2.03. The molecule has 4 unspecified atom stereocenters. The standard InChI is InChI=1S/C40H58O4/c1-11-13-15-17-23-43-31-25-30(40-22-20-38(10,36(40,7)8)34(42)28(40)4)32(44-24-18-16-14-12-2)26-29(31)39-21-19-37(9,35(39,5)6)33(41)27(39)3/h25-26H,3-4,11-24H2,1-2,5-10H3. The second-order valence-corrected chi connectivity index (χ2v) is 16.0. The van der Waals surface area contributed by atoms with E-state index in [1.165, 1.54) is 25.7 Å². The van der Waals surface area contributed by atoms with Crippen LogP contribution in [-0.2, 0) is 20.4 Å². The Morgan fingerprint density at radius 1 is 0.591 bits per heavy atom. The highest BCUT2D eigenvalue weighted by Gasteiger charge is 2.74. The number of rotatable bonds is 14. The third kappa shape index (κ3) is 4.00. The van der Waals surface area contributed by atoms with Gasteiger partial charge in [0.1, 0.15) is 11.5 Å². The molecule has 4 saturated carbocycles. The molecule has 4 atom stereocenters. The Labute approximate surface area is 267 Å². The molecule has 242 valence electrons. The molecule has 5 rings (SSSR count). The lowest BCUT2D eigenvalue weighted by Crippen LogP contribution is -2.40. The SMILES string of the molecule is C=C1C(=O)C2(C)CCC1(c1cc(OCCCCCC)c(C34CCC(C)(C(=O)C3=C)C4(C)C)cc1OCCCCCC)C2(C)C. The summed E-state index contributed by atoms with van der Waals surface area (Å²) < 4.78 is 13.6. The van der Waals surface area contributed by atoms with Gasteiger partial charge in [0, 0.05) is 32.8 Å². The van der Waals surface area contributed by atoms with Gasteiger partial charge in [-0.3, -0.25) is 9.59 Å². The first-order chi connectivity index (χ1) is 20.7. The molecule has 0 saturated heterocycles. The van der Waals surface area contributed by atoms with Gasteiger partial charge >= 0.3 is 0 Å². The maximum absolute atomic E-state index is 13.8. The summed E-state index contributed by atoms with van der Waals surface area (Å²) in [6.07, 6.45) is 12.3. The second-order valence-electron chi connectivity index (χ2n) is 16.0. The van der Waals surface area contributed by atoms with Gasteiger partial charge in [0.05, 0.1) is 13.2 Å². The zero-order chi connectivity index (χ0) is 32.3. The highest BCUT2D eigenvalue weighted by atomic mass is 16.5. The maximum atomic E-state index is 13.8. The number of hydrogen-bond donors (Lipinski definition) is 0. The van der Waals surface area contributed by atoms with E-state index in [1.807, 2.05) is 0 Å². The fraction of sp³-hybridized carbons (Fsp3) is 0.700. The number of fused-ring (bicyclic) bond motifs is 4. The average molecular weight is 603 g/mol. The summed E-state index contributed by atoms with van der Waals surface area (Å²) >= 11 is 0. The summed E-state index contributed by atoms with van der Waals surface area (Å²) in [4.78, 5) is 27.7. The zero-order valence-corrected chi connectivity index (χ0v) is 29.1. The molecule has 0 aliphatic heterocycles. The molecule has 1 aromatic carbocycles. The minimum atomic E-state index is -0.531. The van der Waals surface area contributed by atoms with Crippen molar-refractivity contribution in [1.29, 1.82) is 0 Å². The van der Waals surface area contributed by atoms with E-state index in [0.29, 0.717) is 24.4 Å². The highest BCUT2D eigenvalue weighted by molar-refractivity contribution is 6.08. The van der Waals surface area contributed by atoms with Crippen molar-refractivity contribution in [2.75, 3.05) is 13.2 Å². The van der Waals surface area contributed by atoms with Crippen molar-refractivity contribution in [3.8, 4) is 11.5 Å². The van der Waals surface area contributed by atoms with Crippen molar-refractivity contribution in [2.45, 2.75) is 143 Å². The van der Waals surface area contributed by atoms with Gasteiger partial charge < -0.3 is 9.47 Å². The van der Waals surface area contributed by atoms with Gasteiger partial charge in [-0.1, -0.05) is 107 Å². The van der Waals surface area contributed by atoms with Gasteiger partial charge in [0.2, 0.25) is 0 Å². The second kappa shape index (κ2) is 11.2. The lowest BCUT2D eigenvalue weighted by Gasteiger charge is -2.44. The van der Waals surface area contributed by atoms with E-state index >= 15 is 0 Å². The largest absolute Gasteiger partial charge is 0.493 e. The van der Waals surface area contributed by atoms with E-state index in [1.54, 1.807) is 0 Å². The highest BCUT2D eigenvalue weighted by Crippen LogP contribution is 2.76. The van der Waals surface area contributed by atoms with Gasteiger partial charge in [-0.2, -0.15) is 0 Å². The Bertz CT molecular complexity index is 1260. The molecule has 1 aromatic rings. The van der Waals surface area contributed by atoms with Crippen LogP contribution in [0.3, 0.4) is 0 Å². The third-order valence-electron chi connectivity index (χ3n) is 14.0. The van der Waals surface area contributed by atoms with Gasteiger partial charge in [-0.05, 0) is 72.6 Å². The van der Waals surface area contributed by atoms with Crippen molar-refractivity contribution in [1.82, 2.24) is 0 Å². The molecule has 0 amide bonds. The van der Waals surface area contributed by atoms with E-state index in [4.69, 9.17) is 9.47 Å². The van der Waals surface area contributed by atoms with Crippen molar-refractivity contribution >= 4 is 11.6 Å². The van der Waals surface area contributed by atoms with E-state index in [-0.39, 0.29) is 22.4 Å². The number of carbonyl (C=O) groups is 2. The van der Waals surface area contributed by atoms with E-state index in [2.05, 4.69) is 80.7 Å². The lowest BCUT2D eigenvalue weighted by atomic mass is 9.59. The molecule has 0 N–H and O–H groups in total. The first-order valence-corrected chi connectivity index (χ1v) is 17.6. The molecule has 4 bridgehead atoms. The van der Waals surface area contributed by atoms with E-state index < -0.39 is 21.7 Å². The summed E-state index contributed by atoms with van der Waals surface area (Å²) in [5, 5.41) is 0. The Hall–Kier alpha value is -2.36. The summed E-state index contributed by atoms with van der Waals surface area (Å²) in [6, 6.07) is 4.43. The Kier molecular flexibility index (Phi) is 8.38. The lowest BCUT2D eigenvalue weighted by molar-refractivity contribution is -0.126. The average Bonchev–Trinajstić information content (AvgIpc) is 3.42. The van der Waals surface area contributed by atoms with E-state index in [0.717, 1.165) is 74.0 Å². The monoisotopic (exact) mass is 602 g/mol. The van der Waals surface area contributed by atoms with Crippen molar-refractivity contribution < 1.29 is 19.1 Å². The summed E-state index contributed by atoms with van der Waals surface area (Å²) in [6.45, 7) is 27.9. The van der Waals surface area contributed by atoms with Crippen LogP contribution in [0.5, 0.6) is 11.5 Å². The number of hydrogen-bond acceptors (Lipinski definition) is 4. The van der Waals surface area contributed by atoms with Gasteiger partial charge in [0.25, 0.3) is 0 Å². The molecule has 4 fully saturated rings. The molecular weight excluding hydrogens is 544 g/mol. The molecule has 4 aliphatic rings. The van der Waals surface area contributed by atoms with E-state index in [9.17, 15) is 9.59 Å². The van der Waals surface area contributed by atoms with Crippen LogP contribution >= 0.6 is 0 Å². The van der Waals surface area contributed by atoms with Crippen LogP contribution in [0.4, 0.5) is 0 Å². The predicted octanol–water partition coefficient (Wildman–Crippen LogP) is 10.0. The van der Waals surface area contributed by atoms with Crippen LogP contribution < -0.4 is 9.47 Å². The number of benzene rings is 1. The fourth-order valence-corrected chi connectivity index (χ4v) is 10.1. The van der Waals surface area contributed by atoms with Crippen molar-refractivity contribution in [2.24, 2.45) is 21.7 Å². The molecule has 0 aromatic heterocycles. The number of allylic oxidation sites excluding steroid dienone is 2. The molecule has 4 nitrogen and oxygen atoms in total. The third-order valence-corrected chi connectivity index (χ3v) is 14.0. The number of ketones is 2. The molecule has 44 heavy (non-hydrogen) atoms. The summed E-state index contributed by atoms with van der Waals surface area (Å²) in [5.41, 5.74) is 0.861. The smallest absolute Gasteiger partial charge is 0.165 e. The Morgan fingerprint density at radius 2 is 0.955 bits per heavy atom. The van der Waals surface area contributed by atoms with Crippen LogP contribution in [0.2, 0.25) is 0 Å². The first-order valence-electron chi connectivity index (χ1n) is 17.6. The van der Waals surface area contributed by atoms with Crippen LogP contribution in [0, 0.1) is 21.7 Å². The predicted molar refractivity (Wildman–Crippen MR) is 180 cm³/mol. The number of unbranched alkanes of at least 4 members (excludes halogenated alkanes) is 6. The minimum absolute atomic E-state index is 0.190. The fourth-order valence-electron chi connectivity index (χ4n) is 10.1. The number of carbonyl (C=O) groups excluding carboxylic acids is 2. The van der Waals surface area contributed by atoms with Crippen LogP contribution in [0.1, 0.15) is 144 Å². The van der Waals surface area contributed by atoms with Gasteiger partial charge in [-0.15, -0.1) is 0 Å². The van der Waals surface area contributed by atoms with Crippen LogP contribution in [0.25, 0.3) is 0 Å². The van der Waals surface area contributed by atoms with Crippen LogP contribution in [-0.4, -0.2) is 24.8 Å². The molecule has 4 heteroatoms. The first kappa shape index (κ1) is 33.0. The topological polar surface area (TPSA) is 52.6 Å². The number of ether oxygens (including phenoxy) is 2. The molecular formula is C40H58O4. The Balaban J connectivity index is 1.71. The quantitative estimate of drug-likeness (QED) is 0.157. The normalized spacial score (nSPS) is 33.1. The molecule has 0 heterocycles. The summed E-state index contributed by atoms with van der Waals surface area (Å²) in [7, 11) is 0. The zero-order valence-electron chi connectivity index (χ0n) is 29.1. The van der Waals surface area contributed by atoms with Crippen molar-refractivity contribution in [3.05, 3.63) is 47.6 Å². The maximum Gasteiger partial charge on any atom is 0.165 e. The molecule has 0 spiro atoms. The van der Waals surface area contributed by atoms with Crippen LogP contribution in [0.15, 0.2) is 36.4 Å². The van der Waals surface area contributed by atoms with Crippen molar-refractivity contribution in [3.63, 3.8) is 0 Å². The number of Topliss-reactive ketones (excluding diaryl/α,β-unsaturated/α-hetero) is 2. The minimum Gasteiger partial charge on any atom is -0.493 e. The molecule has 0 radical (unpaired) electrons. The van der Waals surface area contributed by atoms with Gasteiger partial charge in [-0.25, -0.2) is 0 Å². The molecule has 4 aliphatic carbocycles. The van der Waals surface area contributed by atoms with Gasteiger partial charge in [0.15, 0.2) is 11.6 Å².